The van der Waals surface area contributed by atoms with Crippen molar-refractivity contribution in [2.24, 2.45) is 0 Å². The third kappa shape index (κ3) is 3.29. The lowest BCUT2D eigenvalue weighted by Gasteiger charge is -2.10. The van der Waals surface area contributed by atoms with Crippen LogP contribution in [0.1, 0.15) is 15.9 Å². The predicted octanol–water partition coefficient (Wildman–Crippen LogP) is 4.85. The van der Waals surface area contributed by atoms with Gasteiger partial charge in [-0.1, -0.05) is 23.2 Å². The van der Waals surface area contributed by atoms with Gasteiger partial charge in [0.05, 0.1) is 10.0 Å². The zero-order valence-corrected chi connectivity index (χ0v) is 13.3. The van der Waals surface area contributed by atoms with Crippen LogP contribution >= 0.6 is 39.1 Å². The Labute approximate surface area is 133 Å². The highest BCUT2D eigenvalue weighted by molar-refractivity contribution is 9.10. The van der Waals surface area contributed by atoms with Crippen LogP contribution in [0.5, 0.6) is 0 Å². The summed E-state index contributed by atoms with van der Waals surface area (Å²) in [6.07, 6.45) is 0. The molecular formula is C13H8BrCl2FN2O. The van der Waals surface area contributed by atoms with Crippen LogP contribution in [0.3, 0.4) is 0 Å². The average Bonchev–Trinajstić information content (AvgIpc) is 2.35. The topological polar surface area (TPSA) is 42.0 Å². The normalized spacial score (nSPS) is 10.4. The molecule has 3 nitrogen and oxygen atoms in total. The number of nitrogens with zero attached hydrogens (tertiary/aromatic N) is 1. The zero-order chi connectivity index (χ0) is 14.9. The summed E-state index contributed by atoms with van der Waals surface area (Å²) in [7, 11) is 0. The van der Waals surface area contributed by atoms with Crippen LogP contribution in [-0.2, 0) is 0 Å². The largest absolute Gasteiger partial charge is 0.322 e. The van der Waals surface area contributed by atoms with E-state index in [2.05, 4.69) is 26.2 Å². The van der Waals surface area contributed by atoms with Crippen molar-refractivity contribution < 1.29 is 9.18 Å². The minimum absolute atomic E-state index is 0.00818. The number of benzene rings is 1. The Morgan fingerprint density at radius 1 is 1.35 bits per heavy atom. The van der Waals surface area contributed by atoms with E-state index in [4.69, 9.17) is 23.2 Å². The number of aryl methyl sites for hydroxylation is 1. The lowest BCUT2D eigenvalue weighted by molar-refractivity contribution is 0.102. The molecule has 1 aromatic heterocycles. The van der Waals surface area contributed by atoms with Crippen molar-refractivity contribution in [1.29, 1.82) is 0 Å². The molecule has 2 aromatic rings. The second-order valence-electron chi connectivity index (χ2n) is 4.01. The van der Waals surface area contributed by atoms with E-state index >= 15 is 0 Å². The molecule has 0 aliphatic carbocycles. The number of carbonyl (C=O) groups is 1. The minimum Gasteiger partial charge on any atom is -0.322 e. The van der Waals surface area contributed by atoms with Crippen LogP contribution in [0.15, 0.2) is 28.7 Å². The minimum atomic E-state index is -0.444. The molecule has 0 saturated carbocycles. The molecule has 0 unspecified atom stereocenters. The summed E-state index contributed by atoms with van der Waals surface area (Å²) < 4.78 is 13.6. The molecule has 7 heteroatoms. The van der Waals surface area contributed by atoms with Gasteiger partial charge in [-0.15, -0.1) is 0 Å². The van der Waals surface area contributed by atoms with E-state index in [0.29, 0.717) is 11.3 Å². The molecule has 2 rings (SSSR count). The first-order valence-electron chi connectivity index (χ1n) is 5.47. The van der Waals surface area contributed by atoms with Gasteiger partial charge in [-0.25, -0.2) is 9.37 Å². The molecule has 1 heterocycles. The van der Waals surface area contributed by atoms with Gasteiger partial charge in [-0.2, -0.15) is 0 Å². The summed E-state index contributed by atoms with van der Waals surface area (Å²) in [5.74, 6) is -0.840. The van der Waals surface area contributed by atoms with Gasteiger partial charge in [-0.05, 0) is 52.7 Å². The first-order chi connectivity index (χ1) is 9.38. The third-order valence-electron chi connectivity index (χ3n) is 2.57. The van der Waals surface area contributed by atoms with E-state index in [1.807, 2.05) is 0 Å². The Bertz CT molecular complexity index is 694. The van der Waals surface area contributed by atoms with Crippen LogP contribution in [0.4, 0.5) is 10.1 Å². The highest BCUT2D eigenvalue weighted by Gasteiger charge is 2.14. The van der Waals surface area contributed by atoms with Crippen molar-refractivity contribution in [3.63, 3.8) is 0 Å². The summed E-state index contributed by atoms with van der Waals surface area (Å²) >= 11 is 14.6. The monoisotopic (exact) mass is 376 g/mol. The van der Waals surface area contributed by atoms with Gasteiger partial charge in [0, 0.05) is 5.69 Å². The van der Waals surface area contributed by atoms with E-state index in [1.54, 1.807) is 6.92 Å². The molecule has 0 aliphatic rings. The fourth-order valence-corrected chi connectivity index (χ4v) is 2.33. The zero-order valence-electron chi connectivity index (χ0n) is 10.2. The molecule has 0 saturated heterocycles. The van der Waals surface area contributed by atoms with Crippen LogP contribution in [0.25, 0.3) is 0 Å². The van der Waals surface area contributed by atoms with Crippen molar-refractivity contribution in [1.82, 2.24) is 4.98 Å². The molecule has 0 atom stereocenters. The first kappa shape index (κ1) is 15.2. The molecular weight excluding hydrogens is 370 g/mol. The van der Waals surface area contributed by atoms with Crippen molar-refractivity contribution >= 4 is 50.7 Å². The number of hydrogen-bond donors (Lipinski definition) is 1. The lowest BCUT2D eigenvalue weighted by Crippen LogP contribution is -2.14. The Kier molecular flexibility index (Phi) is 4.62. The molecule has 0 radical (unpaired) electrons. The van der Waals surface area contributed by atoms with E-state index in [9.17, 15) is 9.18 Å². The van der Waals surface area contributed by atoms with Gasteiger partial charge in [0.1, 0.15) is 16.1 Å². The second-order valence-corrected chi connectivity index (χ2v) is 5.61. The molecule has 1 N–H and O–H groups in total. The number of pyridine rings is 1. The lowest BCUT2D eigenvalue weighted by atomic mass is 10.2. The number of nitrogens with one attached hydrogen (secondary N) is 1. The van der Waals surface area contributed by atoms with E-state index < -0.39 is 11.7 Å². The maximum atomic E-state index is 13.3. The van der Waals surface area contributed by atoms with Gasteiger partial charge >= 0.3 is 0 Å². The Balaban J connectivity index is 2.30. The predicted molar refractivity (Wildman–Crippen MR) is 81.0 cm³/mol. The van der Waals surface area contributed by atoms with Crippen LogP contribution < -0.4 is 5.32 Å². The van der Waals surface area contributed by atoms with Crippen molar-refractivity contribution in [2.75, 3.05) is 5.32 Å². The molecule has 104 valence electrons. The van der Waals surface area contributed by atoms with E-state index in [0.717, 1.165) is 0 Å². The van der Waals surface area contributed by atoms with Gasteiger partial charge in [0.15, 0.2) is 0 Å². The van der Waals surface area contributed by atoms with Crippen LogP contribution in [-0.4, -0.2) is 10.9 Å². The Hall–Kier alpha value is -1.17. The SMILES string of the molecule is Cc1cc(F)c(Br)cc1NC(=O)c1ccc(Cl)nc1Cl. The summed E-state index contributed by atoms with van der Waals surface area (Å²) in [4.78, 5) is 15.9. The molecule has 1 aromatic carbocycles. The quantitative estimate of drug-likeness (QED) is 0.760. The fourth-order valence-electron chi connectivity index (χ4n) is 1.55. The number of anilines is 1. The average molecular weight is 378 g/mol. The summed E-state index contributed by atoms with van der Waals surface area (Å²) in [5, 5.41) is 2.86. The number of hydrogen-bond acceptors (Lipinski definition) is 2. The maximum Gasteiger partial charge on any atom is 0.258 e. The molecule has 1 amide bonds. The number of amides is 1. The summed E-state index contributed by atoms with van der Waals surface area (Å²) in [6, 6.07) is 5.75. The smallest absolute Gasteiger partial charge is 0.258 e. The molecule has 0 fully saturated rings. The molecule has 0 aliphatic heterocycles. The summed E-state index contributed by atoms with van der Waals surface area (Å²) in [5.41, 5.74) is 1.27. The van der Waals surface area contributed by atoms with Crippen molar-refractivity contribution in [2.45, 2.75) is 6.92 Å². The molecule has 0 bridgehead atoms. The number of carbonyl (C=O) groups excluding carboxylic acids is 1. The van der Waals surface area contributed by atoms with Crippen molar-refractivity contribution in [3.05, 3.63) is 56.0 Å². The molecule has 0 spiro atoms. The van der Waals surface area contributed by atoms with Gasteiger partial charge < -0.3 is 5.32 Å². The Morgan fingerprint density at radius 3 is 2.70 bits per heavy atom. The Morgan fingerprint density at radius 2 is 2.05 bits per heavy atom. The van der Waals surface area contributed by atoms with E-state index in [-0.39, 0.29) is 20.3 Å². The van der Waals surface area contributed by atoms with Crippen LogP contribution in [0.2, 0.25) is 10.3 Å². The standard InChI is InChI=1S/C13H8BrCl2FN2O/c1-6-4-9(17)8(14)5-10(6)18-13(20)7-2-3-11(15)19-12(7)16/h2-5H,1H3,(H,18,20). The van der Waals surface area contributed by atoms with Crippen LogP contribution in [0, 0.1) is 12.7 Å². The number of halogens is 4. The van der Waals surface area contributed by atoms with Gasteiger partial charge in [0.2, 0.25) is 0 Å². The van der Waals surface area contributed by atoms with Gasteiger partial charge in [0.25, 0.3) is 5.91 Å². The summed E-state index contributed by atoms with van der Waals surface area (Å²) in [6.45, 7) is 1.69. The molecule has 20 heavy (non-hydrogen) atoms. The highest BCUT2D eigenvalue weighted by Crippen LogP contribution is 2.25. The number of aromatic nitrogens is 1. The third-order valence-corrected chi connectivity index (χ3v) is 3.68. The fraction of sp³-hybridized carbons (Fsp3) is 0.0769. The van der Waals surface area contributed by atoms with Crippen molar-refractivity contribution in [3.8, 4) is 0 Å². The highest BCUT2D eigenvalue weighted by atomic mass is 79.9. The first-order valence-corrected chi connectivity index (χ1v) is 7.02. The van der Waals surface area contributed by atoms with Gasteiger partial charge in [-0.3, -0.25) is 4.79 Å². The maximum absolute atomic E-state index is 13.3. The second kappa shape index (κ2) is 6.08. The number of rotatable bonds is 2. The van der Waals surface area contributed by atoms with E-state index in [1.165, 1.54) is 24.3 Å².